The van der Waals surface area contributed by atoms with Gasteiger partial charge in [0.2, 0.25) is 0 Å². The highest BCUT2D eigenvalue weighted by Gasteiger charge is 2.20. The van der Waals surface area contributed by atoms with Crippen LogP contribution in [0, 0.1) is 10.1 Å². The smallest absolute Gasteiger partial charge is 0.340 e. The van der Waals surface area contributed by atoms with Gasteiger partial charge in [-0.1, -0.05) is 12.1 Å². The van der Waals surface area contributed by atoms with Crippen LogP contribution in [-0.2, 0) is 4.74 Å². The number of para-hydroxylation sites is 1. The Morgan fingerprint density at radius 1 is 1.31 bits per heavy atom. The first-order valence-corrected chi connectivity index (χ1v) is 7.60. The maximum atomic E-state index is 12.3. The van der Waals surface area contributed by atoms with E-state index in [4.69, 9.17) is 10.5 Å². The Morgan fingerprint density at radius 3 is 2.73 bits per heavy atom. The van der Waals surface area contributed by atoms with Crippen LogP contribution >= 0.6 is 0 Å². The zero-order valence-electron chi connectivity index (χ0n) is 13.6. The van der Waals surface area contributed by atoms with E-state index in [9.17, 15) is 19.7 Å². The summed E-state index contributed by atoms with van der Waals surface area (Å²) >= 11 is 0. The number of nitro benzene ring substituents is 1. The van der Waals surface area contributed by atoms with Gasteiger partial charge in [-0.25, -0.2) is 9.78 Å². The second-order valence-corrected chi connectivity index (χ2v) is 5.54. The van der Waals surface area contributed by atoms with Gasteiger partial charge in [-0.15, -0.1) is 0 Å². The molecule has 0 aliphatic rings. The summed E-state index contributed by atoms with van der Waals surface area (Å²) in [7, 11) is 0. The molecular weight excluding hydrogens is 340 g/mol. The van der Waals surface area contributed by atoms with Gasteiger partial charge < -0.3 is 15.5 Å². The number of benzene rings is 2. The van der Waals surface area contributed by atoms with Crippen molar-refractivity contribution in [1.29, 1.82) is 0 Å². The number of fused-ring (bicyclic) bond motifs is 1. The lowest BCUT2D eigenvalue weighted by Crippen LogP contribution is -2.18. The molecule has 3 aromatic rings. The average Bonchev–Trinajstić information content (AvgIpc) is 2.61. The quantitative estimate of drug-likeness (QED) is 0.317. The maximum Gasteiger partial charge on any atom is 0.340 e. The number of nitro groups is 1. The molecule has 1 atom stereocenters. The summed E-state index contributed by atoms with van der Waals surface area (Å²) in [5.74, 6) is -0.594. The summed E-state index contributed by atoms with van der Waals surface area (Å²) in [6.45, 7) is 1.55. The number of aromatic amines is 1. The molecule has 9 nitrogen and oxygen atoms in total. The fourth-order valence-corrected chi connectivity index (χ4v) is 2.43. The Labute approximate surface area is 146 Å². The van der Waals surface area contributed by atoms with Crippen molar-refractivity contribution in [2.45, 2.75) is 13.0 Å². The van der Waals surface area contributed by atoms with Crippen molar-refractivity contribution >= 4 is 28.2 Å². The summed E-state index contributed by atoms with van der Waals surface area (Å²) in [6.07, 6.45) is -0.852. The average molecular weight is 354 g/mol. The first kappa shape index (κ1) is 17.1. The van der Waals surface area contributed by atoms with E-state index in [0.29, 0.717) is 10.9 Å². The van der Waals surface area contributed by atoms with E-state index >= 15 is 0 Å². The van der Waals surface area contributed by atoms with Crippen LogP contribution in [0.5, 0.6) is 0 Å². The molecule has 1 unspecified atom stereocenters. The van der Waals surface area contributed by atoms with Crippen LogP contribution < -0.4 is 11.3 Å². The highest BCUT2D eigenvalue weighted by atomic mass is 16.6. The lowest BCUT2D eigenvalue weighted by molar-refractivity contribution is -0.384. The third-order valence-corrected chi connectivity index (χ3v) is 3.77. The number of carbonyl (C=O) groups excluding carboxylic acids is 1. The number of carbonyl (C=O) groups is 1. The van der Waals surface area contributed by atoms with Gasteiger partial charge in [-0.05, 0) is 25.1 Å². The lowest BCUT2D eigenvalue weighted by Gasteiger charge is -2.14. The second kappa shape index (κ2) is 6.63. The fourth-order valence-electron chi connectivity index (χ4n) is 2.43. The highest BCUT2D eigenvalue weighted by Crippen LogP contribution is 2.23. The van der Waals surface area contributed by atoms with Crippen molar-refractivity contribution in [3.8, 4) is 0 Å². The summed E-state index contributed by atoms with van der Waals surface area (Å²) in [5.41, 5.74) is 5.52. The third-order valence-electron chi connectivity index (χ3n) is 3.77. The molecule has 3 N–H and O–H groups in total. The highest BCUT2D eigenvalue weighted by molar-refractivity contribution is 5.95. The van der Waals surface area contributed by atoms with Gasteiger partial charge in [0.15, 0.2) is 11.9 Å². The number of rotatable bonds is 4. The molecule has 0 aliphatic carbocycles. The number of nitrogen functional groups attached to an aromatic ring is 1. The van der Waals surface area contributed by atoms with Crippen molar-refractivity contribution in [3.05, 3.63) is 74.3 Å². The lowest BCUT2D eigenvalue weighted by atomic mass is 10.1. The number of H-pyrrole nitrogens is 1. The van der Waals surface area contributed by atoms with Crippen LogP contribution in [0.3, 0.4) is 0 Å². The van der Waals surface area contributed by atoms with Crippen LogP contribution in [0.15, 0.2) is 47.3 Å². The Balaban J connectivity index is 1.86. The number of hydrogen-bond donors (Lipinski definition) is 2. The molecule has 1 heterocycles. The molecule has 0 saturated carbocycles. The number of aromatic nitrogens is 2. The van der Waals surface area contributed by atoms with Crippen molar-refractivity contribution in [3.63, 3.8) is 0 Å². The molecule has 0 fully saturated rings. The SMILES string of the molecule is CC(OC(=O)c1ccc([N+](=O)[O-])cc1N)c1nc2ccccc2c(=O)[nH]1. The molecule has 0 saturated heterocycles. The number of nitrogens with zero attached hydrogens (tertiary/aromatic N) is 2. The van der Waals surface area contributed by atoms with Crippen LogP contribution in [0.2, 0.25) is 0 Å². The van der Waals surface area contributed by atoms with E-state index in [-0.39, 0.29) is 28.3 Å². The first-order valence-electron chi connectivity index (χ1n) is 7.60. The molecule has 26 heavy (non-hydrogen) atoms. The van der Waals surface area contributed by atoms with Crippen molar-refractivity contribution in [2.75, 3.05) is 5.73 Å². The molecule has 2 aromatic carbocycles. The van der Waals surface area contributed by atoms with E-state index < -0.39 is 17.0 Å². The Morgan fingerprint density at radius 2 is 2.04 bits per heavy atom. The topological polar surface area (TPSA) is 141 Å². The minimum Gasteiger partial charge on any atom is -0.451 e. The van der Waals surface area contributed by atoms with Crippen molar-refractivity contribution in [2.24, 2.45) is 0 Å². The minimum absolute atomic E-state index is 0.00872. The minimum atomic E-state index is -0.852. The van der Waals surface area contributed by atoms with Gasteiger partial charge in [0.25, 0.3) is 11.2 Å². The number of non-ortho nitro benzene ring substituents is 1. The summed E-state index contributed by atoms with van der Waals surface area (Å²) < 4.78 is 5.29. The molecule has 132 valence electrons. The zero-order chi connectivity index (χ0) is 18.8. The predicted molar refractivity (Wildman–Crippen MR) is 93.7 cm³/mol. The van der Waals surface area contributed by atoms with E-state index in [1.54, 1.807) is 31.2 Å². The Kier molecular flexibility index (Phi) is 4.36. The van der Waals surface area contributed by atoms with Gasteiger partial charge in [0.1, 0.15) is 0 Å². The molecule has 9 heteroatoms. The van der Waals surface area contributed by atoms with E-state index in [0.717, 1.165) is 12.1 Å². The van der Waals surface area contributed by atoms with Crippen molar-refractivity contribution < 1.29 is 14.5 Å². The van der Waals surface area contributed by atoms with Gasteiger partial charge in [0.05, 0.1) is 27.1 Å². The molecule has 3 rings (SSSR count). The monoisotopic (exact) mass is 354 g/mol. The zero-order valence-corrected chi connectivity index (χ0v) is 13.6. The first-order chi connectivity index (χ1) is 12.4. The molecule has 0 aliphatic heterocycles. The number of esters is 1. The molecule has 0 amide bonds. The largest absolute Gasteiger partial charge is 0.451 e. The summed E-state index contributed by atoms with van der Waals surface area (Å²) in [6, 6.07) is 10.2. The Bertz CT molecular complexity index is 1080. The van der Waals surface area contributed by atoms with E-state index in [1.807, 2.05) is 0 Å². The Hall–Kier alpha value is -3.75. The second-order valence-electron chi connectivity index (χ2n) is 5.54. The molecule has 0 spiro atoms. The molecular formula is C17H14N4O5. The van der Waals surface area contributed by atoms with Gasteiger partial charge in [0, 0.05) is 12.1 Å². The predicted octanol–water partition coefficient (Wildman–Crippen LogP) is 2.33. The van der Waals surface area contributed by atoms with Crippen LogP contribution in [0.25, 0.3) is 10.9 Å². The number of anilines is 1. The number of hydrogen-bond acceptors (Lipinski definition) is 7. The fraction of sp³-hybridized carbons (Fsp3) is 0.118. The van der Waals surface area contributed by atoms with Gasteiger partial charge in [-0.3, -0.25) is 14.9 Å². The summed E-state index contributed by atoms with van der Waals surface area (Å²) in [5, 5.41) is 11.2. The number of nitrogens with one attached hydrogen (secondary N) is 1. The standard InChI is InChI=1S/C17H14N4O5/c1-9(15-19-14-5-3-2-4-12(14)16(22)20-15)26-17(23)11-7-6-10(21(24)25)8-13(11)18/h2-9H,18H2,1H3,(H,19,20,22). The van der Waals surface area contributed by atoms with E-state index in [1.165, 1.54) is 6.07 Å². The normalized spacial score (nSPS) is 11.9. The van der Waals surface area contributed by atoms with Gasteiger partial charge in [-0.2, -0.15) is 0 Å². The molecule has 1 aromatic heterocycles. The van der Waals surface area contributed by atoms with Crippen LogP contribution in [0.1, 0.15) is 29.2 Å². The van der Waals surface area contributed by atoms with Crippen LogP contribution in [0.4, 0.5) is 11.4 Å². The van der Waals surface area contributed by atoms with Crippen LogP contribution in [-0.4, -0.2) is 20.9 Å². The molecule has 0 radical (unpaired) electrons. The van der Waals surface area contributed by atoms with Crippen molar-refractivity contribution in [1.82, 2.24) is 9.97 Å². The van der Waals surface area contributed by atoms with E-state index in [2.05, 4.69) is 9.97 Å². The third kappa shape index (κ3) is 3.22. The molecule has 0 bridgehead atoms. The number of nitrogens with two attached hydrogens (primary N) is 1. The number of ether oxygens (including phenoxy) is 1. The van der Waals surface area contributed by atoms with Gasteiger partial charge >= 0.3 is 5.97 Å². The maximum absolute atomic E-state index is 12.3. The summed E-state index contributed by atoms with van der Waals surface area (Å²) in [4.78, 5) is 41.4.